The second kappa shape index (κ2) is 6.95. The summed E-state index contributed by atoms with van der Waals surface area (Å²) in [4.78, 5) is 13.0. The normalized spacial score (nSPS) is 15.2. The molecular weight excluding hydrogens is 302 g/mol. The summed E-state index contributed by atoms with van der Waals surface area (Å²) in [6.07, 6.45) is 2.76. The van der Waals surface area contributed by atoms with E-state index in [0.717, 1.165) is 41.9 Å². The van der Waals surface area contributed by atoms with Gasteiger partial charge < -0.3 is 14.8 Å². The maximum absolute atomic E-state index is 13.0. The Labute approximate surface area is 142 Å². The lowest BCUT2D eigenvalue weighted by Crippen LogP contribution is -2.49. The number of amides is 1. The first-order valence-electron chi connectivity index (χ1n) is 8.25. The van der Waals surface area contributed by atoms with E-state index in [1.807, 2.05) is 48.5 Å². The van der Waals surface area contributed by atoms with Crippen molar-refractivity contribution in [3.05, 3.63) is 59.7 Å². The molecule has 1 aliphatic carbocycles. The van der Waals surface area contributed by atoms with E-state index in [9.17, 15) is 4.79 Å². The van der Waals surface area contributed by atoms with E-state index in [1.165, 1.54) is 0 Å². The highest BCUT2D eigenvalue weighted by Crippen LogP contribution is 2.47. The summed E-state index contributed by atoms with van der Waals surface area (Å²) in [5.41, 5.74) is 1.48. The number of carbonyl (C=O) groups excluding carboxylic acids is 1. The van der Waals surface area contributed by atoms with Crippen molar-refractivity contribution in [1.82, 2.24) is 5.32 Å². The third-order valence-electron chi connectivity index (χ3n) is 4.90. The smallest absolute Gasteiger partial charge is 0.231 e. The summed E-state index contributed by atoms with van der Waals surface area (Å²) in [5, 5.41) is 3.09. The fourth-order valence-electron chi connectivity index (χ4n) is 3.38. The predicted octanol–water partition coefficient (Wildman–Crippen LogP) is 3.44. The Morgan fingerprint density at radius 1 is 1.00 bits per heavy atom. The molecule has 0 radical (unpaired) electrons. The molecule has 3 rings (SSSR count). The zero-order chi connectivity index (χ0) is 17.0. The van der Waals surface area contributed by atoms with Gasteiger partial charge in [-0.05, 0) is 25.0 Å². The first kappa shape index (κ1) is 16.4. The van der Waals surface area contributed by atoms with Crippen LogP contribution in [0.1, 0.15) is 30.4 Å². The van der Waals surface area contributed by atoms with Crippen LogP contribution in [-0.2, 0) is 16.8 Å². The first-order chi connectivity index (χ1) is 11.7. The Balaban J connectivity index is 1.80. The molecule has 0 heterocycles. The molecule has 0 bridgehead atoms. The van der Waals surface area contributed by atoms with Gasteiger partial charge in [-0.2, -0.15) is 0 Å². The van der Waals surface area contributed by atoms with Crippen LogP contribution in [-0.4, -0.2) is 20.1 Å². The topological polar surface area (TPSA) is 47.6 Å². The second-order valence-corrected chi connectivity index (χ2v) is 6.13. The van der Waals surface area contributed by atoms with E-state index >= 15 is 0 Å². The molecule has 2 aromatic carbocycles. The van der Waals surface area contributed by atoms with Gasteiger partial charge in [0.2, 0.25) is 5.91 Å². The Morgan fingerprint density at radius 2 is 1.62 bits per heavy atom. The number of benzene rings is 2. The zero-order valence-corrected chi connectivity index (χ0v) is 14.2. The van der Waals surface area contributed by atoms with Crippen LogP contribution in [0.2, 0.25) is 0 Å². The van der Waals surface area contributed by atoms with Gasteiger partial charge in [0.1, 0.15) is 11.5 Å². The third kappa shape index (κ3) is 2.84. The number of ether oxygens (including phenoxy) is 2. The summed E-state index contributed by atoms with van der Waals surface area (Å²) in [5.74, 6) is 1.63. The molecule has 4 heteroatoms. The average Bonchev–Trinajstić information content (AvgIpc) is 2.59. The van der Waals surface area contributed by atoms with E-state index in [-0.39, 0.29) is 5.91 Å². The molecule has 0 spiro atoms. The maximum atomic E-state index is 13.0. The molecule has 1 fully saturated rings. The second-order valence-electron chi connectivity index (χ2n) is 6.13. The third-order valence-corrected chi connectivity index (χ3v) is 4.90. The number of nitrogens with one attached hydrogen (secondary N) is 1. The van der Waals surface area contributed by atoms with E-state index < -0.39 is 5.41 Å². The van der Waals surface area contributed by atoms with E-state index in [4.69, 9.17) is 9.47 Å². The molecule has 0 unspecified atom stereocenters. The van der Waals surface area contributed by atoms with Crippen LogP contribution in [0.25, 0.3) is 0 Å². The summed E-state index contributed by atoms with van der Waals surface area (Å²) >= 11 is 0. The van der Waals surface area contributed by atoms with Gasteiger partial charge in [0.15, 0.2) is 0 Å². The molecule has 0 aromatic heterocycles. The number of methoxy groups -OCH3 is 2. The Bertz CT molecular complexity index is 722. The van der Waals surface area contributed by atoms with Crippen LogP contribution in [0.4, 0.5) is 0 Å². The van der Waals surface area contributed by atoms with Crippen molar-refractivity contribution in [1.29, 1.82) is 0 Å². The lowest BCUT2D eigenvalue weighted by atomic mass is 9.63. The molecular formula is C20H23NO3. The summed E-state index contributed by atoms with van der Waals surface area (Å²) in [6.45, 7) is 0.458. The zero-order valence-electron chi connectivity index (χ0n) is 14.2. The first-order valence-corrected chi connectivity index (χ1v) is 8.25. The molecule has 126 valence electrons. The quantitative estimate of drug-likeness (QED) is 0.885. The highest BCUT2D eigenvalue weighted by atomic mass is 16.5. The molecule has 4 nitrogen and oxygen atoms in total. The molecule has 1 aliphatic rings. The van der Waals surface area contributed by atoms with E-state index in [1.54, 1.807) is 14.2 Å². The minimum atomic E-state index is -0.478. The number of hydrogen-bond acceptors (Lipinski definition) is 3. The van der Waals surface area contributed by atoms with Gasteiger partial charge in [0, 0.05) is 17.7 Å². The van der Waals surface area contributed by atoms with Gasteiger partial charge in [-0.1, -0.05) is 42.8 Å². The Hall–Kier alpha value is -2.49. The van der Waals surface area contributed by atoms with Crippen molar-refractivity contribution in [3.8, 4) is 11.5 Å². The standard InChI is InChI=1S/C20H23NO3/c1-23-17-10-5-3-8-15(17)14-21-19(22)20(12-7-13-20)16-9-4-6-11-18(16)24-2/h3-6,8-11H,7,12-14H2,1-2H3,(H,21,22). The Kier molecular flexibility index (Phi) is 4.74. The summed E-state index contributed by atoms with van der Waals surface area (Å²) in [6, 6.07) is 15.6. The molecule has 0 atom stereocenters. The van der Waals surface area contributed by atoms with Gasteiger partial charge in [0.25, 0.3) is 0 Å². The summed E-state index contributed by atoms with van der Waals surface area (Å²) < 4.78 is 10.8. The van der Waals surface area contributed by atoms with Gasteiger partial charge in [-0.3, -0.25) is 4.79 Å². The minimum absolute atomic E-state index is 0.0594. The fourth-order valence-corrected chi connectivity index (χ4v) is 3.38. The minimum Gasteiger partial charge on any atom is -0.496 e. The number of hydrogen-bond donors (Lipinski definition) is 1. The van der Waals surface area contributed by atoms with Crippen LogP contribution >= 0.6 is 0 Å². The molecule has 2 aromatic rings. The highest BCUT2D eigenvalue weighted by molar-refractivity contribution is 5.90. The van der Waals surface area contributed by atoms with Gasteiger partial charge >= 0.3 is 0 Å². The lowest BCUT2D eigenvalue weighted by Gasteiger charge is -2.41. The maximum Gasteiger partial charge on any atom is 0.231 e. The largest absolute Gasteiger partial charge is 0.496 e. The molecule has 0 aliphatic heterocycles. The average molecular weight is 325 g/mol. The number of carbonyl (C=O) groups is 1. The van der Waals surface area contributed by atoms with Gasteiger partial charge in [-0.25, -0.2) is 0 Å². The molecule has 1 N–H and O–H groups in total. The molecule has 24 heavy (non-hydrogen) atoms. The van der Waals surface area contributed by atoms with Crippen molar-refractivity contribution in [2.75, 3.05) is 14.2 Å². The monoisotopic (exact) mass is 325 g/mol. The van der Waals surface area contributed by atoms with E-state index in [0.29, 0.717) is 6.54 Å². The predicted molar refractivity (Wildman–Crippen MR) is 93.4 cm³/mol. The van der Waals surface area contributed by atoms with Gasteiger partial charge in [-0.15, -0.1) is 0 Å². The highest BCUT2D eigenvalue weighted by Gasteiger charge is 2.47. The van der Waals surface area contributed by atoms with Crippen molar-refractivity contribution >= 4 is 5.91 Å². The number of rotatable bonds is 6. The SMILES string of the molecule is COc1ccccc1CNC(=O)C1(c2ccccc2OC)CCC1. The molecule has 1 saturated carbocycles. The van der Waals surface area contributed by atoms with Crippen molar-refractivity contribution < 1.29 is 14.3 Å². The van der Waals surface area contributed by atoms with Gasteiger partial charge in [0.05, 0.1) is 19.6 Å². The molecule has 0 saturated heterocycles. The van der Waals surface area contributed by atoms with Crippen LogP contribution in [0.5, 0.6) is 11.5 Å². The van der Waals surface area contributed by atoms with Crippen LogP contribution in [0.3, 0.4) is 0 Å². The molecule has 1 amide bonds. The van der Waals surface area contributed by atoms with Crippen LogP contribution < -0.4 is 14.8 Å². The van der Waals surface area contributed by atoms with Crippen molar-refractivity contribution in [2.24, 2.45) is 0 Å². The van der Waals surface area contributed by atoms with Crippen LogP contribution in [0.15, 0.2) is 48.5 Å². The van der Waals surface area contributed by atoms with Crippen molar-refractivity contribution in [2.45, 2.75) is 31.2 Å². The Morgan fingerprint density at radius 3 is 2.25 bits per heavy atom. The van der Waals surface area contributed by atoms with Crippen molar-refractivity contribution in [3.63, 3.8) is 0 Å². The van der Waals surface area contributed by atoms with E-state index in [2.05, 4.69) is 5.32 Å². The van der Waals surface area contributed by atoms with Crippen LogP contribution in [0, 0.1) is 0 Å². The summed E-state index contributed by atoms with van der Waals surface area (Å²) in [7, 11) is 3.29. The number of para-hydroxylation sites is 2. The lowest BCUT2D eigenvalue weighted by molar-refractivity contribution is -0.130. The fraction of sp³-hybridized carbons (Fsp3) is 0.350.